The summed E-state index contributed by atoms with van der Waals surface area (Å²) >= 11 is 0. The second-order valence-electron chi connectivity index (χ2n) is 17.2. The van der Waals surface area contributed by atoms with Gasteiger partial charge in [0.2, 0.25) is 11.8 Å². The summed E-state index contributed by atoms with van der Waals surface area (Å²) < 4.78 is 69.7. The number of H-pyrrole nitrogens is 1. The van der Waals surface area contributed by atoms with Crippen molar-refractivity contribution in [2.45, 2.75) is 129 Å². The lowest BCUT2D eigenvalue weighted by Crippen LogP contribution is -2.58. The number of carbonyl (C=O) groups excluding carboxylic acids is 3. The van der Waals surface area contributed by atoms with Gasteiger partial charge in [-0.3, -0.25) is 24.4 Å². The van der Waals surface area contributed by atoms with Gasteiger partial charge in [-0.25, -0.2) is 14.4 Å². The maximum absolute atomic E-state index is 14.5. The van der Waals surface area contributed by atoms with Crippen LogP contribution in [0.2, 0.25) is 0 Å². The van der Waals surface area contributed by atoms with Crippen molar-refractivity contribution < 1.29 is 80.3 Å². The van der Waals surface area contributed by atoms with Crippen molar-refractivity contribution in [1.82, 2.24) is 20.9 Å². The Morgan fingerprint density at radius 2 is 1.23 bits per heavy atom. The highest BCUT2D eigenvalue weighted by Gasteiger charge is 2.39. The summed E-state index contributed by atoms with van der Waals surface area (Å²) in [5, 5.41) is 43.2. The van der Waals surface area contributed by atoms with Gasteiger partial charge in [0, 0.05) is 24.9 Å². The van der Waals surface area contributed by atoms with Crippen molar-refractivity contribution in [3.63, 3.8) is 0 Å². The number of carboxylic acids is 3. The topological polar surface area (TPSA) is 373 Å². The van der Waals surface area contributed by atoms with Crippen molar-refractivity contribution in [2.24, 2.45) is 44.8 Å². The van der Waals surface area contributed by atoms with Crippen molar-refractivity contribution >= 4 is 58.5 Å². The molecule has 0 saturated heterocycles. The number of carboxylic acid groups (broad SMARTS) is 3. The van der Waals surface area contributed by atoms with Gasteiger partial charge in [0.15, 0.2) is 11.9 Å². The Morgan fingerprint density at radius 1 is 0.703 bits per heavy atom. The third-order valence-electron chi connectivity index (χ3n) is 10.7. The normalized spacial score (nSPS) is 12.8. The molecule has 0 spiro atoms. The van der Waals surface area contributed by atoms with Crippen LogP contribution in [0, 0.1) is 11.8 Å². The monoisotopic (exact) mass is 1060 g/mol. The fourth-order valence-corrected chi connectivity index (χ4v) is 6.79. The summed E-state index contributed by atoms with van der Waals surface area (Å²) in [6, 6.07) is 8.52. The van der Waals surface area contributed by atoms with Crippen LogP contribution in [0.4, 0.5) is 26.3 Å². The molecule has 0 saturated carbocycles. The van der Waals surface area contributed by atoms with E-state index in [1.54, 1.807) is 19.1 Å². The lowest BCUT2D eigenvalue weighted by atomic mass is 9.96. The lowest BCUT2D eigenvalue weighted by molar-refractivity contribution is -0.193. The van der Waals surface area contributed by atoms with E-state index in [9.17, 15) is 55.7 Å². The average molecular weight is 1060 g/mol. The standard InChI is InChI=1S/C43H66N10O7.2C2HF3O2/c1-5-27(4)35(39(56)51-33(41(58)59)24-26(2)3)53-38(55)32(25-28-17-19-29(54)20-18-28)50-40(57)37-31(14-9-6-7-10-21-48-42(44)45)30-15-13-16-34(36(30)52-37)60-23-12-8-11-22-49-43(46)47;2*3-2(4,5)1(6)7/h13,15-20,26-27,32-33,35,52,54H,5-12,14,21-25H2,1-4H3,(H,50,57)(H,51,56)(H,53,55)(H,58,59)(H4,44,45,48)(H4,46,47,49);2*(H,6,7)/t27-,32-,33-,35-;;/m0../s1. The summed E-state index contributed by atoms with van der Waals surface area (Å²) in [5.41, 5.74) is 24.1. The number of ether oxygens (including phenoxy) is 1. The maximum atomic E-state index is 14.5. The van der Waals surface area contributed by atoms with Crippen molar-refractivity contribution in [3.05, 3.63) is 59.3 Å². The summed E-state index contributed by atoms with van der Waals surface area (Å²) in [6.07, 6.45) is -3.17. The number of carbonyl (C=O) groups is 6. The van der Waals surface area contributed by atoms with E-state index in [2.05, 4.69) is 30.9 Å². The number of para-hydroxylation sites is 1. The minimum atomic E-state index is -5.08. The number of aromatic hydroxyl groups is 1. The summed E-state index contributed by atoms with van der Waals surface area (Å²) in [6.45, 7) is 8.86. The highest BCUT2D eigenvalue weighted by Crippen LogP contribution is 2.32. The molecule has 3 rings (SSSR count). The highest BCUT2D eigenvalue weighted by atomic mass is 19.4. The summed E-state index contributed by atoms with van der Waals surface area (Å²) in [7, 11) is 0. The largest absolute Gasteiger partial charge is 0.508 e. The first kappa shape index (κ1) is 64.5. The van der Waals surface area contributed by atoms with Crippen molar-refractivity contribution in [2.75, 3.05) is 19.7 Å². The molecule has 16 N–H and O–H groups in total. The quantitative estimate of drug-likeness (QED) is 0.0211. The predicted octanol–water partition coefficient (Wildman–Crippen LogP) is 4.83. The zero-order chi connectivity index (χ0) is 56.3. The number of nitrogens with one attached hydrogen (secondary N) is 4. The van der Waals surface area contributed by atoms with E-state index >= 15 is 0 Å². The number of fused-ring (bicyclic) bond motifs is 1. The van der Waals surface area contributed by atoms with Crippen LogP contribution in [0.25, 0.3) is 10.9 Å². The first-order valence-electron chi connectivity index (χ1n) is 23.4. The third kappa shape index (κ3) is 24.8. The number of aromatic amines is 1. The number of guanidine groups is 2. The molecular weight excluding hydrogens is 995 g/mol. The first-order valence-corrected chi connectivity index (χ1v) is 23.4. The number of alkyl halides is 6. The highest BCUT2D eigenvalue weighted by molar-refractivity contribution is 6.04. The van der Waals surface area contributed by atoms with Gasteiger partial charge in [0.1, 0.15) is 35.3 Å². The molecule has 3 aromatic rings. The van der Waals surface area contributed by atoms with Gasteiger partial charge in [-0.1, -0.05) is 71.2 Å². The smallest absolute Gasteiger partial charge is 0.490 e. The maximum Gasteiger partial charge on any atom is 0.490 e. The fourth-order valence-electron chi connectivity index (χ4n) is 6.79. The van der Waals surface area contributed by atoms with E-state index in [0.717, 1.165) is 55.9 Å². The second-order valence-corrected chi connectivity index (χ2v) is 17.2. The second kappa shape index (κ2) is 31.9. The molecule has 0 aliphatic heterocycles. The number of halogens is 6. The Kier molecular flexibility index (Phi) is 27.8. The summed E-state index contributed by atoms with van der Waals surface area (Å²) in [4.78, 5) is 83.6. The van der Waals surface area contributed by atoms with Crippen LogP contribution >= 0.6 is 0 Å². The number of nitrogens with two attached hydrogens (primary N) is 4. The van der Waals surface area contributed by atoms with E-state index in [1.807, 2.05) is 39.0 Å². The predicted molar refractivity (Wildman–Crippen MR) is 262 cm³/mol. The molecular formula is C47H68F6N10O11. The molecule has 3 amide bonds. The Bertz CT molecular complexity index is 2310. The van der Waals surface area contributed by atoms with Crippen LogP contribution in [0.15, 0.2) is 52.4 Å². The van der Waals surface area contributed by atoms with Crippen LogP contribution in [-0.2, 0) is 36.8 Å². The molecule has 414 valence electrons. The SMILES string of the molecule is CC[C@H](C)[C@H](NC(=O)[C@H](Cc1ccc(O)cc1)NC(=O)c1[nH]c2c(OCCCCCN=C(N)N)cccc2c1CCCCCCN=C(N)N)C(=O)N[C@@H](CC(C)C)C(=O)O.O=C(O)C(F)(F)F.O=C(O)C(F)(F)F. The Hall–Kier alpha value is -7.48. The number of hydrogen-bond acceptors (Lipinski definition) is 10. The third-order valence-corrected chi connectivity index (χ3v) is 10.7. The number of hydrogen-bond donors (Lipinski definition) is 12. The van der Waals surface area contributed by atoms with Gasteiger partial charge in [0.25, 0.3) is 5.91 Å². The molecule has 4 atom stereocenters. The zero-order valence-corrected chi connectivity index (χ0v) is 41.4. The minimum Gasteiger partial charge on any atom is -0.508 e. The number of nitrogens with zero attached hydrogens (tertiary/aromatic N) is 2. The molecule has 0 bridgehead atoms. The van der Waals surface area contributed by atoms with Gasteiger partial charge in [0.05, 0.1) is 12.1 Å². The van der Waals surface area contributed by atoms with Gasteiger partial charge in [-0.05, 0) is 86.1 Å². The molecule has 0 fully saturated rings. The van der Waals surface area contributed by atoms with E-state index in [4.69, 9.17) is 47.5 Å². The Morgan fingerprint density at radius 3 is 1.72 bits per heavy atom. The zero-order valence-electron chi connectivity index (χ0n) is 41.4. The van der Waals surface area contributed by atoms with E-state index in [1.165, 1.54) is 12.1 Å². The number of aromatic nitrogens is 1. The number of amides is 3. The van der Waals surface area contributed by atoms with Crippen LogP contribution in [0.1, 0.15) is 107 Å². The number of phenols is 1. The van der Waals surface area contributed by atoms with Gasteiger partial charge in [-0.2, -0.15) is 26.3 Å². The number of aryl methyl sites for hydroxylation is 1. The molecule has 27 heteroatoms. The van der Waals surface area contributed by atoms with E-state index < -0.39 is 66.1 Å². The fraction of sp³-hybridized carbons (Fsp3) is 0.532. The molecule has 0 unspecified atom stereocenters. The molecule has 0 aliphatic carbocycles. The van der Waals surface area contributed by atoms with Crippen molar-refractivity contribution in [1.29, 1.82) is 0 Å². The number of rotatable bonds is 27. The van der Waals surface area contributed by atoms with E-state index in [-0.39, 0.29) is 48.0 Å². The number of phenolic OH excluding ortho intramolecular Hbond substituents is 1. The van der Waals surface area contributed by atoms with Gasteiger partial charge < -0.3 is 69.0 Å². The number of benzene rings is 2. The van der Waals surface area contributed by atoms with Crippen LogP contribution < -0.4 is 43.6 Å². The van der Waals surface area contributed by atoms with Crippen LogP contribution in [0.3, 0.4) is 0 Å². The molecule has 0 radical (unpaired) electrons. The first-order chi connectivity index (χ1) is 34.5. The van der Waals surface area contributed by atoms with Gasteiger partial charge in [-0.15, -0.1) is 0 Å². The number of unbranched alkanes of at least 4 members (excludes halogenated alkanes) is 5. The lowest BCUT2D eigenvalue weighted by Gasteiger charge is -2.28. The molecule has 1 heterocycles. The number of aliphatic imine (C=N–C) groups is 2. The van der Waals surface area contributed by atoms with Crippen LogP contribution in [0.5, 0.6) is 11.5 Å². The molecule has 2 aromatic carbocycles. The minimum absolute atomic E-state index is 0.00563. The van der Waals surface area contributed by atoms with Crippen molar-refractivity contribution in [3.8, 4) is 11.5 Å². The van der Waals surface area contributed by atoms with E-state index in [0.29, 0.717) is 49.4 Å². The van der Waals surface area contributed by atoms with Gasteiger partial charge >= 0.3 is 30.3 Å². The van der Waals surface area contributed by atoms with Crippen LogP contribution in [-0.4, -0.2) is 123 Å². The Labute approximate surface area is 422 Å². The summed E-state index contributed by atoms with van der Waals surface area (Å²) in [5.74, 6) is -8.13. The average Bonchev–Trinajstić information content (AvgIpc) is 3.68. The molecule has 21 nitrogen and oxygen atoms in total. The molecule has 0 aliphatic rings. The molecule has 74 heavy (non-hydrogen) atoms. The molecule has 1 aromatic heterocycles. The Balaban J connectivity index is 0.00000170. The number of aliphatic carboxylic acids is 3.